The van der Waals surface area contributed by atoms with Crippen molar-refractivity contribution in [2.75, 3.05) is 19.7 Å². The van der Waals surface area contributed by atoms with Crippen molar-refractivity contribution >= 4 is 16.9 Å². The predicted molar refractivity (Wildman–Crippen MR) is 122 cm³/mol. The Kier molecular flexibility index (Phi) is 5.61. The van der Waals surface area contributed by atoms with Gasteiger partial charge in [-0.1, -0.05) is 5.16 Å². The molecule has 3 aromatic heterocycles. The zero-order valence-corrected chi connectivity index (χ0v) is 18.9. The zero-order valence-electron chi connectivity index (χ0n) is 18.9. The summed E-state index contributed by atoms with van der Waals surface area (Å²) in [5, 5.41) is 14.6. The Morgan fingerprint density at radius 3 is 2.85 bits per heavy atom. The smallest absolute Gasteiger partial charge is 0.343 e. The maximum absolute atomic E-state index is 12.5. The van der Waals surface area contributed by atoms with Crippen LogP contribution in [0.3, 0.4) is 0 Å². The van der Waals surface area contributed by atoms with Crippen LogP contribution < -0.4 is 10.4 Å². The summed E-state index contributed by atoms with van der Waals surface area (Å²) < 4.78 is 22.2. The molecule has 1 aliphatic heterocycles. The van der Waals surface area contributed by atoms with Gasteiger partial charge in [0.25, 0.3) is 5.91 Å². The fraction of sp³-hybridized carbons (Fsp3) is 0.320. The molecule has 1 fully saturated rings. The van der Waals surface area contributed by atoms with Crippen LogP contribution in [0, 0.1) is 19.8 Å². The Labute approximate surface area is 194 Å². The van der Waals surface area contributed by atoms with Gasteiger partial charge in [0.05, 0.1) is 18.4 Å². The normalized spacial score (nSPS) is 16.2. The van der Waals surface area contributed by atoms with Crippen molar-refractivity contribution in [3.8, 4) is 23.0 Å². The van der Waals surface area contributed by atoms with E-state index in [-0.39, 0.29) is 34.7 Å². The molecular formula is C25H24N2O7. The fourth-order valence-electron chi connectivity index (χ4n) is 4.27. The van der Waals surface area contributed by atoms with Gasteiger partial charge < -0.3 is 28.1 Å². The second-order valence-corrected chi connectivity index (χ2v) is 8.57. The minimum Gasteiger partial charge on any atom is -0.507 e. The molecule has 0 saturated carbocycles. The third kappa shape index (κ3) is 4.05. The number of fused-ring (bicyclic) bond motifs is 1. The van der Waals surface area contributed by atoms with Crippen LogP contribution in [-0.4, -0.2) is 40.8 Å². The van der Waals surface area contributed by atoms with Gasteiger partial charge in [-0.05, 0) is 51.0 Å². The molecule has 0 bridgehead atoms. The van der Waals surface area contributed by atoms with Gasteiger partial charge in [-0.2, -0.15) is 0 Å². The largest absolute Gasteiger partial charge is 0.507 e. The zero-order chi connectivity index (χ0) is 23.8. The van der Waals surface area contributed by atoms with Crippen molar-refractivity contribution in [3.63, 3.8) is 0 Å². The van der Waals surface area contributed by atoms with Crippen LogP contribution in [0.15, 0.2) is 54.7 Å². The Hall–Kier alpha value is -4.01. The van der Waals surface area contributed by atoms with Gasteiger partial charge in [0.15, 0.2) is 11.5 Å². The summed E-state index contributed by atoms with van der Waals surface area (Å²) in [6.07, 6.45) is 3.32. The lowest BCUT2D eigenvalue weighted by atomic mass is 9.98. The monoisotopic (exact) mass is 464 g/mol. The summed E-state index contributed by atoms with van der Waals surface area (Å²) in [6, 6.07) is 8.77. The van der Waals surface area contributed by atoms with Gasteiger partial charge in [-0.25, -0.2) is 4.79 Å². The first-order chi connectivity index (χ1) is 16.4. The Morgan fingerprint density at radius 1 is 1.21 bits per heavy atom. The molecule has 0 spiro atoms. The minimum absolute atomic E-state index is 0.0981. The first-order valence-electron chi connectivity index (χ1n) is 11.1. The van der Waals surface area contributed by atoms with Crippen LogP contribution in [-0.2, 0) is 0 Å². The number of aromatic nitrogens is 1. The molecule has 176 valence electrons. The van der Waals surface area contributed by atoms with Crippen molar-refractivity contribution in [1.82, 2.24) is 10.1 Å². The SMILES string of the molecule is Cc1c(-c2cc3cc(OCC4CCCN(C(=O)c5ccno5)C4)ccc3o2)oc(=O)c(C)c1O. The Bertz CT molecular complexity index is 1400. The van der Waals surface area contributed by atoms with Crippen molar-refractivity contribution < 1.29 is 28.0 Å². The summed E-state index contributed by atoms with van der Waals surface area (Å²) in [7, 11) is 0. The number of furan rings is 1. The van der Waals surface area contributed by atoms with Crippen molar-refractivity contribution in [2.24, 2.45) is 5.92 Å². The molecule has 1 unspecified atom stereocenters. The minimum atomic E-state index is -0.606. The summed E-state index contributed by atoms with van der Waals surface area (Å²) in [4.78, 5) is 26.3. The maximum atomic E-state index is 12.5. The molecule has 9 nitrogen and oxygen atoms in total. The third-order valence-electron chi connectivity index (χ3n) is 6.20. The van der Waals surface area contributed by atoms with E-state index in [9.17, 15) is 14.7 Å². The first kappa shape index (κ1) is 21.8. The standard InChI is InChI=1S/C25H24N2O7/c1-14-22(28)15(2)25(30)33-23(14)21-11-17-10-18(5-6-19(17)32-21)31-13-16-4-3-9-27(12-16)24(29)20-7-8-26-34-20/h5-8,10-11,16,28H,3-4,9,12-13H2,1-2H3. The van der Waals surface area contributed by atoms with E-state index in [1.165, 1.54) is 13.1 Å². The molecule has 1 atom stereocenters. The van der Waals surface area contributed by atoms with Crippen LogP contribution in [0.4, 0.5) is 0 Å². The predicted octanol–water partition coefficient (Wildman–Crippen LogP) is 4.29. The molecule has 9 heteroatoms. The molecule has 0 radical (unpaired) electrons. The van der Waals surface area contributed by atoms with E-state index in [1.807, 2.05) is 12.1 Å². The molecule has 1 amide bonds. The van der Waals surface area contributed by atoms with Gasteiger partial charge >= 0.3 is 5.63 Å². The molecular weight excluding hydrogens is 440 g/mol. The van der Waals surface area contributed by atoms with E-state index in [0.29, 0.717) is 42.4 Å². The number of nitrogens with zero attached hydrogens (tertiary/aromatic N) is 2. The number of benzene rings is 1. The van der Waals surface area contributed by atoms with Crippen molar-refractivity contribution in [2.45, 2.75) is 26.7 Å². The van der Waals surface area contributed by atoms with Crippen molar-refractivity contribution in [3.05, 3.63) is 63.8 Å². The lowest BCUT2D eigenvalue weighted by Gasteiger charge is -2.32. The molecule has 4 aromatic rings. The van der Waals surface area contributed by atoms with Crippen LogP contribution in [0.5, 0.6) is 11.5 Å². The number of ether oxygens (including phenoxy) is 1. The maximum Gasteiger partial charge on any atom is 0.343 e. The number of likely N-dealkylation sites (tertiary alicyclic amines) is 1. The highest BCUT2D eigenvalue weighted by Crippen LogP contribution is 2.34. The van der Waals surface area contributed by atoms with E-state index in [1.54, 1.807) is 30.0 Å². The summed E-state index contributed by atoms with van der Waals surface area (Å²) in [6.45, 7) is 4.92. The lowest BCUT2D eigenvalue weighted by molar-refractivity contribution is 0.0593. The summed E-state index contributed by atoms with van der Waals surface area (Å²) >= 11 is 0. The highest BCUT2D eigenvalue weighted by molar-refractivity contribution is 5.91. The highest BCUT2D eigenvalue weighted by atomic mass is 16.5. The second-order valence-electron chi connectivity index (χ2n) is 8.57. The Morgan fingerprint density at radius 2 is 2.06 bits per heavy atom. The van der Waals surface area contributed by atoms with Crippen molar-refractivity contribution in [1.29, 1.82) is 0 Å². The van der Waals surface area contributed by atoms with E-state index in [4.69, 9.17) is 18.1 Å². The average Bonchev–Trinajstić information content (AvgIpc) is 3.53. The quantitative estimate of drug-likeness (QED) is 0.464. The van der Waals surface area contributed by atoms with Gasteiger partial charge in [0.1, 0.15) is 17.1 Å². The van der Waals surface area contributed by atoms with E-state index in [0.717, 1.165) is 18.2 Å². The number of piperidine rings is 1. The lowest BCUT2D eigenvalue weighted by Crippen LogP contribution is -2.41. The van der Waals surface area contributed by atoms with Crippen LogP contribution in [0.2, 0.25) is 0 Å². The highest BCUT2D eigenvalue weighted by Gasteiger charge is 2.27. The molecule has 1 aromatic carbocycles. The number of carbonyl (C=O) groups is 1. The number of rotatable bonds is 5. The fourth-order valence-corrected chi connectivity index (χ4v) is 4.27. The number of carbonyl (C=O) groups excluding carboxylic acids is 1. The molecule has 1 saturated heterocycles. The topological polar surface area (TPSA) is 119 Å². The van der Waals surface area contributed by atoms with E-state index >= 15 is 0 Å². The molecule has 0 aliphatic carbocycles. The molecule has 1 aliphatic rings. The van der Waals surface area contributed by atoms with E-state index < -0.39 is 5.63 Å². The van der Waals surface area contributed by atoms with Gasteiger partial charge in [0, 0.05) is 36.0 Å². The second kappa shape index (κ2) is 8.74. The third-order valence-corrected chi connectivity index (χ3v) is 6.20. The molecule has 34 heavy (non-hydrogen) atoms. The molecule has 5 rings (SSSR count). The number of hydrogen-bond donors (Lipinski definition) is 1. The van der Waals surface area contributed by atoms with Gasteiger partial charge in [0.2, 0.25) is 5.76 Å². The average molecular weight is 464 g/mol. The molecule has 4 heterocycles. The van der Waals surface area contributed by atoms with Crippen LogP contribution in [0.25, 0.3) is 22.5 Å². The summed E-state index contributed by atoms with van der Waals surface area (Å²) in [5.41, 5.74) is 0.600. The van der Waals surface area contributed by atoms with Gasteiger partial charge in [-0.3, -0.25) is 4.79 Å². The summed E-state index contributed by atoms with van der Waals surface area (Å²) in [5.74, 6) is 1.41. The van der Waals surface area contributed by atoms with E-state index in [2.05, 4.69) is 5.16 Å². The van der Waals surface area contributed by atoms with Crippen LogP contribution in [0.1, 0.15) is 34.5 Å². The molecule has 1 N–H and O–H groups in total. The van der Waals surface area contributed by atoms with Crippen LogP contribution >= 0.6 is 0 Å². The van der Waals surface area contributed by atoms with Gasteiger partial charge in [-0.15, -0.1) is 0 Å². The number of amides is 1. The first-order valence-corrected chi connectivity index (χ1v) is 11.1. The number of aromatic hydroxyl groups is 1. The number of hydrogen-bond acceptors (Lipinski definition) is 8. The Balaban J connectivity index is 1.29.